The number of nitrogens with one attached hydrogen (secondary N) is 1. The fourth-order valence-electron chi connectivity index (χ4n) is 3.10. The van der Waals surface area contributed by atoms with Gasteiger partial charge in [-0.15, -0.1) is 11.3 Å². The summed E-state index contributed by atoms with van der Waals surface area (Å²) in [5.74, 6) is 0. The van der Waals surface area contributed by atoms with Crippen LogP contribution in [0, 0.1) is 5.41 Å². The Bertz CT molecular complexity index is 891. The van der Waals surface area contributed by atoms with Crippen LogP contribution in [-0.2, 0) is 12.8 Å². The van der Waals surface area contributed by atoms with Crippen LogP contribution in [0.4, 0.5) is 0 Å². The summed E-state index contributed by atoms with van der Waals surface area (Å²) in [4.78, 5) is 24.5. The van der Waals surface area contributed by atoms with Gasteiger partial charge < -0.3 is 4.98 Å². The van der Waals surface area contributed by atoms with E-state index in [4.69, 9.17) is 0 Å². The molecular weight excluding hydrogens is 270 g/mol. The zero-order valence-electron chi connectivity index (χ0n) is 11.5. The number of aryl methyl sites for hydroxylation is 1. The van der Waals surface area contributed by atoms with Crippen molar-refractivity contribution in [3.05, 3.63) is 34.0 Å². The summed E-state index contributed by atoms with van der Waals surface area (Å²) < 4.78 is 0.687. The molecule has 4 rings (SSSR count). The Morgan fingerprint density at radius 1 is 1.35 bits per heavy atom. The van der Waals surface area contributed by atoms with Crippen LogP contribution in [0.15, 0.2) is 17.3 Å². The number of aromatic amines is 1. The maximum absolute atomic E-state index is 11.9. The Labute approximate surface area is 119 Å². The van der Waals surface area contributed by atoms with E-state index in [1.807, 2.05) is 6.20 Å². The van der Waals surface area contributed by atoms with Gasteiger partial charge in [0, 0.05) is 11.6 Å². The number of fused-ring (bicyclic) bond motifs is 5. The highest BCUT2D eigenvalue weighted by atomic mass is 32.1. The largest absolute Gasteiger partial charge is 0.312 e. The molecule has 1 aliphatic rings. The average molecular weight is 285 g/mol. The first-order chi connectivity index (χ1) is 9.55. The van der Waals surface area contributed by atoms with Gasteiger partial charge in [-0.2, -0.15) is 0 Å². The molecule has 3 heterocycles. The van der Waals surface area contributed by atoms with Gasteiger partial charge in [0.2, 0.25) is 0 Å². The van der Waals surface area contributed by atoms with Crippen LogP contribution >= 0.6 is 11.3 Å². The molecule has 0 fully saturated rings. The summed E-state index contributed by atoms with van der Waals surface area (Å²) in [6.07, 6.45) is 6.75. The zero-order chi connectivity index (χ0) is 13.9. The third-order valence-corrected chi connectivity index (χ3v) is 5.30. The molecule has 1 aliphatic carbocycles. The number of nitrogens with zero attached hydrogens (tertiary/aromatic N) is 2. The Morgan fingerprint density at radius 3 is 3.05 bits per heavy atom. The van der Waals surface area contributed by atoms with Crippen LogP contribution in [0.5, 0.6) is 0 Å². The van der Waals surface area contributed by atoms with E-state index < -0.39 is 0 Å². The normalized spacial score (nSPS) is 17.5. The van der Waals surface area contributed by atoms with E-state index in [1.54, 1.807) is 0 Å². The predicted molar refractivity (Wildman–Crippen MR) is 81.3 cm³/mol. The first-order valence-corrected chi connectivity index (χ1v) is 7.63. The average Bonchev–Trinajstić information content (AvgIpc) is 2.78. The lowest BCUT2D eigenvalue weighted by atomic mass is 9.74. The fraction of sp³-hybridized carbons (Fsp3) is 0.400. The Balaban J connectivity index is 2.15. The van der Waals surface area contributed by atoms with Crippen LogP contribution in [0.1, 0.15) is 31.4 Å². The van der Waals surface area contributed by atoms with E-state index in [-0.39, 0.29) is 5.56 Å². The number of rotatable bonds is 0. The molecule has 102 valence electrons. The molecule has 0 spiro atoms. The predicted octanol–water partition coefficient (Wildman–Crippen LogP) is 3.05. The van der Waals surface area contributed by atoms with Gasteiger partial charge >= 0.3 is 0 Å². The smallest absolute Gasteiger partial charge is 0.268 e. The monoisotopic (exact) mass is 285 g/mol. The Morgan fingerprint density at radius 2 is 2.20 bits per heavy atom. The van der Waals surface area contributed by atoms with Crippen LogP contribution in [0.25, 0.3) is 20.4 Å². The van der Waals surface area contributed by atoms with Crippen molar-refractivity contribution in [2.45, 2.75) is 33.1 Å². The molecule has 0 aromatic carbocycles. The van der Waals surface area contributed by atoms with E-state index >= 15 is 0 Å². The molecule has 0 radical (unpaired) electrons. The summed E-state index contributed by atoms with van der Waals surface area (Å²) >= 11 is 1.44. The Hall–Kier alpha value is -1.75. The van der Waals surface area contributed by atoms with Gasteiger partial charge in [-0.3, -0.25) is 4.79 Å². The number of thiophene rings is 1. The van der Waals surface area contributed by atoms with Crippen LogP contribution < -0.4 is 5.56 Å². The maximum Gasteiger partial charge on any atom is 0.268 e. The van der Waals surface area contributed by atoms with E-state index in [2.05, 4.69) is 28.8 Å². The summed E-state index contributed by atoms with van der Waals surface area (Å²) in [7, 11) is 0. The third-order valence-electron chi connectivity index (χ3n) is 4.21. The number of pyridine rings is 1. The highest BCUT2D eigenvalue weighted by Crippen LogP contribution is 2.41. The van der Waals surface area contributed by atoms with E-state index in [9.17, 15) is 4.79 Å². The quantitative estimate of drug-likeness (QED) is 0.690. The molecule has 5 heteroatoms. The summed E-state index contributed by atoms with van der Waals surface area (Å²) in [5, 5.41) is 1.10. The number of H-pyrrole nitrogens is 1. The van der Waals surface area contributed by atoms with Crippen LogP contribution in [0.2, 0.25) is 0 Å². The van der Waals surface area contributed by atoms with E-state index in [0.29, 0.717) is 10.1 Å². The molecule has 0 saturated heterocycles. The molecule has 0 atom stereocenters. The highest BCUT2D eigenvalue weighted by molar-refractivity contribution is 7.25. The minimum absolute atomic E-state index is 0.0678. The lowest BCUT2D eigenvalue weighted by Crippen LogP contribution is -2.22. The van der Waals surface area contributed by atoms with Gasteiger partial charge in [0.25, 0.3) is 5.56 Å². The topological polar surface area (TPSA) is 58.6 Å². The minimum atomic E-state index is -0.0678. The molecule has 3 aromatic heterocycles. The molecule has 4 nitrogen and oxygen atoms in total. The standard InChI is InChI=1S/C15H15N3OS/c1-15(2)4-3-8-6-16-14-10(9(8)5-15)11-12(20-14)13(19)18-7-17-11/h6-7H,3-5H2,1-2H3,(H,17,18,19). The molecule has 3 aromatic rings. The van der Waals surface area contributed by atoms with Crippen molar-refractivity contribution in [1.82, 2.24) is 15.0 Å². The second kappa shape index (κ2) is 3.88. The van der Waals surface area contributed by atoms with Gasteiger partial charge in [0.1, 0.15) is 9.53 Å². The van der Waals surface area contributed by atoms with Gasteiger partial charge in [-0.25, -0.2) is 9.97 Å². The van der Waals surface area contributed by atoms with Crippen molar-refractivity contribution in [1.29, 1.82) is 0 Å². The molecule has 0 unspecified atom stereocenters. The number of hydrogen-bond donors (Lipinski definition) is 1. The van der Waals surface area contributed by atoms with Crippen molar-refractivity contribution >= 4 is 31.8 Å². The number of aromatic nitrogens is 3. The van der Waals surface area contributed by atoms with Crippen molar-refractivity contribution in [3.8, 4) is 0 Å². The van der Waals surface area contributed by atoms with E-state index in [0.717, 1.165) is 28.6 Å². The zero-order valence-corrected chi connectivity index (χ0v) is 12.3. The summed E-state index contributed by atoms with van der Waals surface area (Å²) in [6, 6.07) is 0. The second-order valence-corrected chi connectivity index (χ2v) is 7.29. The summed E-state index contributed by atoms with van der Waals surface area (Å²) in [5.41, 5.74) is 3.71. The molecule has 20 heavy (non-hydrogen) atoms. The third kappa shape index (κ3) is 1.62. The van der Waals surface area contributed by atoms with Gasteiger partial charge in [0.15, 0.2) is 0 Å². The fourth-order valence-corrected chi connectivity index (χ4v) is 4.13. The molecule has 1 N–H and O–H groups in total. The lowest BCUT2D eigenvalue weighted by molar-refractivity contribution is 0.316. The van der Waals surface area contributed by atoms with Crippen molar-refractivity contribution in [3.63, 3.8) is 0 Å². The maximum atomic E-state index is 11.9. The van der Waals surface area contributed by atoms with Gasteiger partial charge in [-0.1, -0.05) is 13.8 Å². The molecule has 0 amide bonds. The van der Waals surface area contributed by atoms with Crippen molar-refractivity contribution in [2.24, 2.45) is 5.41 Å². The SMILES string of the molecule is CC1(C)CCc2cnc3sc4c(=O)[nH]cnc4c3c2C1. The first kappa shape index (κ1) is 12.0. The molecular formula is C15H15N3OS. The minimum Gasteiger partial charge on any atom is -0.312 e. The van der Waals surface area contributed by atoms with Crippen molar-refractivity contribution < 1.29 is 0 Å². The van der Waals surface area contributed by atoms with Gasteiger partial charge in [0.05, 0.1) is 11.8 Å². The van der Waals surface area contributed by atoms with Crippen LogP contribution in [0.3, 0.4) is 0 Å². The highest BCUT2D eigenvalue weighted by Gasteiger charge is 2.28. The number of hydrogen-bond acceptors (Lipinski definition) is 4. The van der Waals surface area contributed by atoms with Crippen molar-refractivity contribution in [2.75, 3.05) is 0 Å². The van der Waals surface area contributed by atoms with E-state index in [1.165, 1.54) is 35.2 Å². The lowest BCUT2D eigenvalue weighted by Gasteiger charge is -2.31. The van der Waals surface area contributed by atoms with Crippen LogP contribution in [-0.4, -0.2) is 15.0 Å². The molecule has 0 bridgehead atoms. The Kier molecular flexibility index (Phi) is 2.33. The first-order valence-electron chi connectivity index (χ1n) is 6.82. The summed E-state index contributed by atoms with van der Waals surface area (Å²) in [6.45, 7) is 4.61. The van der Waals surface area contributed by atoms with Gasteiger partial charge in [-0.05, 0) is 35.8 Å². The second-order valence-electron chi connectivity index (χ2n) is 6.29. The molecule has 0 aliphatic heterocycles. The molecule has 0 saturated carbocycles.